The van der Waals surface area contributed by atoms with Crippen molar-refractivity contribution in [3.05, 3.63) is 57.8 Å². The number of carbonyl (C=O) groups is 2. The molecule has 126 valence electrons. The SMILES string of the molecule is COCCNC(=O)c1ccnc(C(=O)Nc2ccc(Cl)c(Cl)c2)c1. The van der Waals surface area contributed by atoms with E-state index in [4.69, 9.17) is 27.9 Å². The average Bonchev–Trinajstić information content (AvgIpc) is 2.58. The van der Waals surface area contributed by atoms with Gasteiger partial charge < -0.3 is 15.4 Å². The standard InChI is InChI=1S/C16H15Cl2N3O3/c1-24-7-6-20-15(22)10-4-5-19-14(8-10)16(23)21-11-2-3-12(17)13(18)9-11/h2-5,8-9H,6-7H2,1H3,(H,20,22)(H,21,23). The molecule has 0 aliphatic carbocycles. The summed E-state index contributed by atoms with van der Waals surface area (Å²) in [6.45, 7) is 0.782. The van der Waals surface area contributed by atoms with Crippen LogP contribution in [0.5, 0.6) is 0 Å². The third-order valence-electron chi connectivity index (χ3n) is 3.02. The Balaban J connectivity index is 2.08. The zero-order valence-electron chi connectivity index (χ0n) is 12.8. The van der Waals surface area contributed by atoms with Gasteiger partial charge in [0.25, 0.3) is 11.8 Å². The molecule has 8 heteroatoms. The van der Waals surface area contributed by atoms with E-state index in [9.17, 15) is 9.59 Å². The lowest BCUT2D eigenvalue weighted by atomic mass is 10.2. The van der Waals surface area contributed by atoms with E-state index in [2.05, 4.69) is 15.6 Å². The average molecular weight is 368 g/mol. The lowest BCUT2D eigenvalue weighted by molar-refractivity contribution is 0.0937. The van der Waals surface area contributed by atoms with Crippen molar-refractivity contribution >= 4 is 40.7 Å². The van der Waals surface area contributed by atoms with Crippen molar-refractivity contribution in [1.29, 1.82) is 0 Å². The summed E-state index contributed by atoms with van der Waals surface area (Å²) >= 11 is 11.7. The van der Waals surface area contributed by atoms with Gasteiger partial charge in [0.15, 0.2) is 0 Å². The van der Waals surface area contributed by atoms with Crippen LogP contribution >= 0.6 is 23.2 Å². The van der Waals surface area contributed by atoms with Crippen molar-refractivity contribution in [2.24, 2.45) is 0 Å². The zero-order valence-corrected chi connectivity index (χ0v) is 14.3. The molecule has 0 unspecified atom stereocenters. The maximum Gasteiger partial charge on any atom is 0.274 e. The number of carbonyl (C=O) groups excluding carboxylic acids is 2. The Morgan fingerprint density at radius 2 is 1.92 bits per heavy atom. The number of nitrogens with one attached hydrogen (secondary N) is 2. The number of hydrogen-bond donors (Lipinski definition) is 2. The van der Waals surface area contributed by atoms with Crippen LogP contribution in [0.4, 0.5) is 5.69 Å². The second kappa shape index (κ2) is 8.63. The van der Waals surface area contributed by atoms with Gasteiger partial charge in [-0.3, -0.25) is 14.6 Å². The molecule has 0 spiro atoms. The smallest absolute Gasteiger partial charge is 0.274 e. The molecule has 0 bridgehead atoms. The largest absolute Gasteiger partial charge is 0.383 e. The van der Waals surface area contributed by atoms with Gasteiger partial charge in [-0.05, 0) is 30.3 Å². The lowest BCUT2D eigenvalue weighted by Crippen LogP contribution is -2.27. The number of anilines is 1. The molecule has 2 amide bonds. The van der Waals surface area contributed by atoms with Crippen LogP contribution < -0.4 is 10.6 Å². The predicted molar refractivity (Wildman–Crippen MR) is 92.9 cm³/mol. The third-order valence-corrected chi connectivity index (χ3v) is 3.76. The monoisotopic (exact) mass is 367 g/mol. The maximum absolute atomic E-state index is 12.2. The molecular weight excluding hydrogens is 353 g/mol. The molecule has 2 aromatic rings. The molecule has 0 radical (unpaired) electrons. The van der Waals surface area contributed by atoms with Crippen LogP contribution in [0.3, 0.4) is 0 Å². The van der Waals surface area contributed by atoms with Crippen LogP contribution in [0.15, 0.2) is 36.5 Å². The highest BCUT2D eigenvalue weighted by Gasteiger charge is 2.12. The van der Waals surface area contributed by atoms with Crippen LogP contribution in [0.25, 0.3) is 0 Å². The van der Waals surface area contributed by atoms with Crippen molar-refractivity contribution in [1.82, 2.24) is 10.3 Å². The van der Waals surface area contributed by atoms with Crippen LogP contribution in [-0.4, -0.2) is 37.1 Å². The van der Waals surface area contributed by atoms with Crippen molar-refractivity contribution in [2.75, 3.05) is 25.6 Å². The second-order valence-electron chi connectivity index (χ2n) is 4.76. The summed E-state index contributed by atoms with van der Waals surface area (Å²) < 4.78 is 4.86. The van der Waals surface area contributed by atoms with Crippen molar-refractivity contribution in [3.63, 3.8) is 0 Å². The third kappa shape index (κ3) is 4.92. The molecule has 1 aromatic carbocycles. The van der Waals surface area contributed by atoms with Crippen molar-refractivity contribution in [3.8, 4) is 0 Å². The summed E-state index contributed by atoms with van der Waals surface area (Å²) in [5.41, 5.74) is 0.923. The Kier molecular flexibility index (Phi) is 6.54. The molecule has 2 N–H and O–H groups in total. The summed E-state index contributed by atoms with van der Waals surface area (Å²) in [5.74, 6) is -0.766. The molecule has 1 heterocycles. The van der Waals surface area contributed by atoms with E-state index in [1.807, 2.05) is 0 Å². The summed E-state index contributed by atoms with van der Waals surface area (Å²) in [5, 5.41) is 6.04. The van der Waals surface area contributed by atoms with Gasteiger partial charge in [0.2, 0.25) is 0 Å². The summed E-state index contributed by atoms with van der Waals surface area (Å²) in [6, 6.07) is 7.66. The second-order valence-corrected chi connectivity index (χ2v) is 5.58. The lowest BCUT2D eigenvalue weighted by Gasteiger charge is -2.08. The molecular formula is C16H15Cl2N3O3. The minimum absolute atomic E-state index is 0.112. The molecule has 0 saturated carbocycles. The number of pyridine rings is 1. The summed E-state index contributed by atoms with van der Waals surface area (Å²) in [7, 11) is 1.55. The van der Waals surface area contributed by atoms with Crippen LogP contribution in [0.2, 0.25) is 10.0 Å². The van der Waals surface area contributed by atoms with Gasteiger partial charge in [0, 0.05) is 31.1 Å². The fraction of sp³-hybridized carbons (Fsp3) is 0.188. The van der Waals surface area contributed by atoms with E-state index in [0.717, 1.165) is 0 Å². The Morgan fingerprint density at radius 1 is 1.12 bits per heavy atom. The fourth-order valence-electron chi connectivity index (χ4n) is 1.83. The van der Waals surface area contributed by atoms with Gasteiger partial charge in [0.1, 0.15) is 5.69 Å². The van der Waals surface area contributed by atoms with Crippen molar-refractivity contribution in [2.45, 2.75) is 0 Å². The number of hydrogen-bond acceptors (Lipinski definition) is 4. The highest BCUT2D eigenvalue weighted by atomic mass is 35.5. The first-order valence-electron chi connectivity index (χ1n) is 7.01. The van der Waals surface area contributed by atoms with E-state index in [1.165, 1.54) is 24.4 Å². The van der Waals surface area contributed by atoms with E-state index in [-0.39, 0.29) is 11.6 Å². The molecule has 0 atom stereocenters. The molecule has 2 rings (SSSR count). The van der Waals surface area contributed by atoms with Gasteiger partial charge in [-0.2, -0.15) is 0 Å². The van der Waals surface area contributed by atoms with E-state index < -0.39 is 5.91 Å². The first-order chi connectivity index (χ1) is 11.5. The van der Waals surface area contributed by atoms with Gasteiger partial charge >= 0.3 is 0 Å². The molecule has 24 heavy (non-hydrogen) atoms. The van der Waals surface area contributed by atoms with Gasteiger partial charge in [0.05, 0.1) is 16.7 Å². The number of halogens is 2. The van der Waals surface area contributed by atoms with Gasteiger partial charge in [-0.15, -0.1) is 0 Å². The van der Waals surface area contributed by atoms with Gasteiger partial charge in [-0.1, -0.05) is 23.2 Å². The van der Waals surface area contributed by atoms with Crippen LogP contribution in [0, 0.1) is 0 Å². The number of aromatic nitrogens is 1. The Bertz CT molecular complexity index is 753. The summed E-state index contributed by atoms with van der Waals surface area (Å²) in [4.78, 5) is 28.2. The van der Waals surface area contributed by atoms with E-state index in [1.54, 1.807) is 19.2 Å². The minimum atomic E-state index is -0.458. The normalized spacial score (nSPS) is 10.3. The predicted octanol–water partition coefficient (Wildman–Crippen LogP) is 3.02. The molecule has 6 nitrogen and oxygen atoms in total. The molecule has 0 aliphatic heterocycles. The van der Waals surface area contributed by atoms with Crippen molar-refractivity contribution < 1.29 is 14.3 Å². The number of methoxy groups -OCH3 is 1. The molecule has 0 saturated heterocycles. The molecule has 0 aliphatic rings. The first kappa shape index (κ1) is 18.2. The highest BCUT2D eigenvalue weighted by Crippen LogP contribution is 2.25. The van der Waals surface area contributed by atoms with Crippen LogP contribution in [0.1, 0.15) is 20.8 Å². The Labute approximate surface area is 149 Å². The quantitative estimate of drug-likeness (QED) is 0.769. The number of benzene rings is 1. The number of rotatable bonds is 6. The number of nitrogens with zero attached hydrogens (tertiary/aromatic N) is 1. The Morgan fingerprint density at radius 3 is 2.62 bits per heavy atom. The Hall–Kier alpha value is -2.15. The fourth-order valence-corrected chi connectivity index (χ4v) is 2.13. The van der Waals surface area contributed by atoms with Crippen LogP contribution in [-0.2, 0) is 4.74 Å². The first-order valence-corrected chi connectivity index (χ1v) is 7.76. The number of amides is 2. The highest BCUT2D eigenvalue weighted by molar-refractivity contribution is 6.42. The molecule has 1 aromatic heterocycles. The maximum atomic E-state index is 12.2. The van der Waals surface area contributed by atoms with E-state index in [0.29, 0.717) is 34.4 Å². The summed E-state index contributed by atoms with van der Waals surface area (Å²) in [6.07, 6.45) is 1.40. The van der Waals surface area contributed by atoms with Gasteiger partial charge in [-0.25, -0.2) is 0 Å². The van der Waals surface area contributed by atoms with E-state index >= 15 is 0 Å². The topological polar surface area (TPSA) is 80.3 Å². The molecule has 0 fully saturated rings. The zero-order chi connectivity index (χ0) is 17.5. The number of ether oxygens (including phenoxy) is 1. The minimum Gasteiger partial charge on any atom is -0.383 e.